The second-order valence-electron chi connectivity index (χ2n) is 5.03. The Balaban J connectivity index is 2.09. The summed E-state index contributed by atoms with van der Waals surface area (Å²) >= 11 is 6.08. The standard InChI is InChI=1S/C17H18ClF2N/c1-2-21-16(9-12-3-6-14(19)7-4-12)10-13-5-8-15(20)11-17(13)18/h3-8,11,16,21H,2,9-10H2,1H3. The van der Waals surface area contributed by atoms with Crippen LogP contribution in [0.1, 0.15) is 18.1 Å². The van der Waals surface area contributed by atoms with Crippen molar-refractivity contribution in [2.45, 2.75) is 25.8 Å². The maximum atomic E-state index is 13.1. The van der Waals surface area contributed by atoms with Gasteiger partial charge in [-0.1, -0.05) is 36.7 Å². The minimum absolute atomic E-state index is 0.170. The molecule has 0 spiro atoms. The van der Waals surface area contributed by atoms with Crippen molar-refractivity contribution in [2.75, 3.05) is 6.54 Å². The third-order valence-electron chi connectivity index (χ3n) is 3.37. The zero-order chi connectivity index (χ0) is 15.2. The Kier molecular flexibility index (Phi) is 5.71. The van der Waals surface area contributed by atoms with Gasteiger partial charge in [-0.3, -0.25) is 0 Å². The summed E-state index contributed by atoms with van der Waals surface area (Å²) in [5.41, 5.74) is 1.96. The molecule has 4 heteroatoms. The first-order chi connectivity index (χ1) is 10.1. The molecular formula is C17H18ClF2N. The molecule has 2 rings (SSSR count). The molecule has 0 radical (unpaired) electrons. The Morgan fingerprint density at radius 2 is 1.67 bits per heavy atom. The molecule has 0 aliphatic rings. The molecule has 2 aromatic carbocycles. The third kappa shape index (κ3) is 4.80. The number of halogens is 3. The first kappa shape index (κ1) is 15.9. The van der Waals surface area contributed by atoms with Crippen molar-refractivity contribution in [3.63, 3.8) is 0 Å². The molecule has 0 aliphatic heterocycles. The molecule has 1 nitrogen and oxygen atoms in total. The average molecular weight is 310 g/mol. The highest BCUT2D eigenvalue weighted by molar-refractivity contribution is 6.31. The van der Waals surface area contributed by atoms with E-state index < -0.39 is 0 Å². The van der Waals surface area contributed by atoms with E-state index in [2.05, 4.69) is 5.32 Å². The van der Waals surface area contributed by atoms with E-state index in [4.69, 9.17) is 11.6 Å². The van der Waals surface area contributed by atoms with Gasteiger partial charge in [-0.05, 0) is 54.8 Å². The van der Waals surface area contributed by atoms with Crippen LogP contribution in [-0.2, 0) is 12.8 Å². The maximum Gasteiger partial charge on any atom is 0.124 e. The number of hydrogen-bond donors (Lipinski definition) is 1. The van der Waals surface area contributed by atoms with Crippen molar-refractivity contribution < 1.29 is 8.78 Å². The number of rotatable bonds is 6. The van der Waals surface area contributed by atoms with Gasteiger partial charge in [-0.25, -0.2) is 8.78 Å². The fraction of sp³-hybridized carbons (Fsp3) is 0.294. The van der Waals surface area contributed by atoms with Crippen LogP contribution in [0.2, 0.25) is 5.02 Å². The highest BCUT2D eigenvalue weighted by Gasteiger charge is 2.12. The zero-order valence-corrected chi connectivity index (χ0v) is 12.6. The minimum atomic E-state index is -0.331. The second-order valence-corrected chi connectivity index (χ2v) is 5.43. The summed E-state index contributed by atoms with van der Waals surface area (Å²) in [4.78, 5) is 0. The van der Waals surface area contributed by atoms with Gasteiger partial charge < -0.3 is 5.32 Å². The fourth-order valence-corrected chi connectivity index (χ4v) is 2.61. The van der Waals surface area contributed by atoms with Crippen LogP contribution in [0.5, 0.6) is 0 Å². The predicted molar refractivity (Wildman–Crippen MR) is 82.7 cm³/mol. The first-order valence-electron chi connectivity index (χ1n) is 7.00. The number of nitrogens with one attached hydrogen (secondary N) is 1. The molecule has 1 atom stereocenters. The summed E-state index contributed by atoms with van der Waals surface area (Å²) in [6, 6.07) is 11.1. The van der Waals surface area contributed by atoms with E-state index in [-0.39, 0.29) is 17.7 Å². The molecule has 2 aromatic rings. The first-order valence-corrected chi connectivity index (χ1v) is 7.38. The number of hydrogen-bond acceptors (Lipinski definition) is 1. The van der Waals surface area contributed by atoms with E-state index in [9.17, 15) is 8.78 Å². The van der Waals surface area contributed by atoms with Crippen molar-refractivity contribution in [3.05, 3.63) is 70.2 Å². The van der Waals surface area contributed by atoms with Gasteiger partial charge >= 0.3 is 0 Å². The highest BCUT2D eigenvalue weighted by atomic mass is 35.5. The number of benzene rings is 2. The monoisotopic (exact) mass is 309 g/mol. The van der Waals surface area contributed by atoms with Crippen molar-refractivity contribution in [2.24, 2.45) is 0 Å². The number of likely N-dealkylation sites (N-methyl/N-ethyl adjacent to an activating group) is 1. The molecular weight excluding hydrogens is 292 g/mol. The molecule has 1 unspecified atom stereocenters. The lowest BCUT2D eigenvalue weighted by Gasteiger charge is -2.19. The van der Waals surface area contributed by atoms with E-state index in [1.54, 1.807) is 18.2 Å². The molecule has 112 valence electrons. The van der Waals surface area contributed by atoms with E-state index in [1.165, 1.54) is 24.3 Å². The third-order valence-corrected chi connectivity index (χ3v) is 3.72. The minimum Gasteiger partial charge on any atom is -0.314 e. The Hall–Kier alpha value is -1.45. The van der Waals surface area contributed by atoms with E-state index in [0.29, 0.717) is 11.4 Å². The van der Waals surface area contributed by atoms with Gasteiger partial charge in [0.15, 0.2) is 0 Å². The molecule has 21 heavy (non-hydrogen) atoms. The lowest BCUT2D eigenvalue weighted by atomic mass is 9.99. The predicted octanol–water partition coefficient (Wildman–Crippen LogP) is 4.38. The Labute approximate surface area is 128 Å². The molecule has 0 fully saturated rings. The van der Waals surface area contributed by atoms with Crippen molar-refractivity contribution in [1.82, 2.24) is 5.32 Å². The van der Waals surface area contributed by atoms with Gasteiger partial charge in [0.25, 0.3) is 0 Å². The summed E-state index contributed by atoms with van der Waals surface area (Å²) < 4.78 is 26.0. The normalized spacial score (nSPS) is 12.4. The van der Waals surface area contributed by atoms with Crippen LogP contribution in [-0.4, -0.2) is 12.6 Å². The maximum absolute atomic E-state index is 13.1. The Bertz CT molecular complexity index is 584. The highest BCUT2D eigenvalue weighted by Crippen LogP contribution is 2.20. The summed E-state index contributed by atoms with van der Waals surface area (Å²) in [6.45, 7) is 2.86. The van der Waals surface area contributed by atoms with Crippen LogP contribution in [0, 0.1) is 11.6 Å². The van der Waals surface area contributed by atoms with Gasteiger partial charge in [-0.15, -0.1) is 0 Å². The lowest BCUT2D eigenvalue weighted by molar-refractivity contribution is 0.520. The van der Waals surface area contributed by atoms with Crippen LogP contribution in [0.15, 0.2) is 42.5 Å². The van der Waals surface area contributed by atoms with Gasteiger partial charge in [0.1, 0.15) is 11.6 Å². The van der Waals surface area contributed by atoms with Crippen LogP contribution in [0.3, 0.4) is 0 Å². The van der Waals surface area contributed by atoms with Crippen molar-refractivity contribution in [3.8, 4) is 0 Å². The summed E-state index contributed by atoms with van der Waals surface area (Å²) in [5.74, 6) is -0.567. The molecule has 0 heterocycles. The van der Waals surface area contributed by atoms with E-state index in [0.717, 1.165) is 24.1 Å². The molecule has 0 saturated carbocycles. The van der Waals surface area contributed by atoms with E-state index in [1.807, 2.05) is 6.92 Å². The molecule has 0 aliphatic carbocycles. The van der Waals surface area contributed by atoms with E-state index >= 15 is 0 Å². The molecule has 0 saturated heterocycles. The van der Waals surface area contributed by atoms with Gasteiger partial charge in [0.2, 0.25) is 0 Å². The largest absolute Gasteiger partial charge is 0.314 e. The van der Waals surface area contributed by atoms with Crippen LogP contribution < -0.4 is 5.32 Å². The SMILES string of the molecule is CCNC(Cc1ccc(F)cc1)Cc1ccc(F)cc1Cl. The smallest absolute Gasteiger partial charge is 0.124 e. The molecule has 0 bridgehead atoms. The van der Waals surface area contributed by atoms with Crippen molar-refractivity contribution >= 4 is 11.6 Å². The fourth-order valence-electron chi connectivity index (χ4n) is 2.36. The summed E-state index contributed by atoms with van der Waals surface area (Å²) in [7, 11) is 0. The summed E-state index contributed by atoms with van der Waals surface area (Å²) in [6.07, 6.45) is 1.46. The Morgan fingerprint density at radius 3 is 2.29 bits per heavy atom. The molecule has 0 aromatic heterocycles. The topological polar surface area (TPSA) is 12.0 Å². The van der Waals surface area contributed by atoms with Gasteiger partial charge in [0, 0.05) is 11.1 Å². The van der Waals surface area contributed by atoms with Crippen LogP contribution >= 0.6 is 11.6 Å². The molecule has 1 N–H and O–H groups in total. The second kappa shape index (κ2) is 7.53. The van der Waals surface area contributed by atoms with Gasteiger partial charge in [-0.2, -0.15) is 0 Å². The average Bonchev–Trinajstić information content (AvgIpc) is 2.44. The summed E-state index contributed by atoms with van der Waals surface area (Å²) in [5, 5.41) is 3.83. The zero-order valence-electron chi connectivity index (χ0n) is 11.9. The Morgan fingerprint density at radius 1 is 1.00 bits per heavy atom. The van der Waals surface area contributed by atoms with Crippen molar-refractivity contribution in [1.29, 1.82) is 0 Å². The molecule has 0 amide bonds. The van der Waals surface area contributed by atoms with Crippen LogP contribution in [0.4, 0.5) is 8.78 Å². The lowest BCUT2D eigenvalue weighted by Crippen LogP contribution is -2.33. The van der Waals surface area contributed by atoms with Gasteiger partial charge in [0.05, 0.1) is 0 Å². The quantitative estimate of drug-likeness (QED) is 0.835. The van der Waals surface area contributed by atoms with Crippen LogP contribution in [0.25, 0.3) is 0 Å².